The molecule has 17 heavy (non-hydrogen) atoms. The van der Waals surface area contributed by atoms with Crippen LogP contribution in [0.15, 0.2) is 4.52 Å². The highest BCUT2D eigenvalue weighted by Crippen LogP contribution is 2.01. The molecule has 0 saturated carbocycles. The van der Waals surface area contributed by atoms with Crippen LogP contribution in [-0.2, 0) is 4.79 Å². The van der Waals surface area contributed by atoms with Gasteiger partial charge in [-0.1, -0.05) is 34.6 Å². The van der Waals surface area contributed by atoms with Crippen molar-refractivity contribution in [2.24, 2.45) is 5.92 Å². The lowest BCUT2D eigenvalue weighted by molar-refractivity contribution is -0.119. The molecule has 0 atom stereocenters. The second-order valence-corrected chi connectivity index (χ2v) is 3.48. The highest BCUT2D eigenvalue weighted by atomic mass is 16.5. The van der Waals surface area contributed by atoms with Crippen molar-refractivity contribution < 1.29 is 9.32 Å². The van der Waals surface area contributed by atoms with E-state index in [0.29, 0.717) is 18.1 Å². The second kappa shape index (κ2) is 10.9. The van der Waals surface area contributed by atoms with Crippen molar-refractivity contribution in [2.75, 3.05) is 11.5 Å². The number of carbonyl (C=O) groups excluding carboxylic acids is 1. The third-order valence-electron chi connectivity index (χ3n) is 1.49. The lowest BCUT2D eigenvalue weighted by Crippen LogP contribution is -1.99. The molecule has 1 aromatic heterocycles. The van der Waals surface area contributed by atoms with Crippen molar-refractivity contribution in [3.8, 4) is 0 Å². The van der Waals surface area contributed by atoms with Crippen LogP contribution in [0, 0.1) is 5.92 Å². The van der Waals surface area contributed by atoms with E-state index in [1.807, 2.05) is 20.8 Å². The van der Waals surface area contributed by atoms with Crippen LogP contribution in [0.25, 0.3) is 0 Å². The lowest BCUT2D eigenvalue weighted by atomic mass is 10.1. The molecule has 0 radical (unpaired) electrons. The molecule has 0 unspecified atom stereocenters. The summed E-state index contributed by atoms with van der Waals surface area (Å²) in [5.74, 6) is 0.972. The minimum Gasteiger partial charge on any atom is -0.365 e. The van der Waals surface area contributed by atoms with Crippen molar-refractivity contribution in [3.05, 3.63) is 0 Å². The van der Waals surface area contributed by atoms with Crippen molar-refractivity contribution in [3.63, 3.8) is 0 Å². The minimum absolute atomic E-state index is 0.00231. The number of nitrogens with two attached hydrogens (primary N) is 2. The molecule has 100 valence electrons. The number of hydrogen-bond donors (Lipinski definition) is 2. The van der Waals surface area contributed by atoms with E-state index in [2.05, 4.69) is 28.5 Å². The van der Waals surface area contributed by atoms with Crippen LogP contribution in [0.1, 0.15) is 47.5 Å². The van der Waals surface area contributed by atoms with Gasteiger partial charge in [0.2, 0.25) is 0 Å². The molecule has 0 amide bonds. The van der Waals surface area contributed by atoms with E-state index in [0.717, 1.165) is 6.42 Å². The Morgan fingerprint density at radius 3 is 2.00 bits per heavy atom. The van der Waals surface area contributed by atoms with Crippen molar-refractivity contribution in [2.45, 2.75) is 47.5 Å². The molecule has 0 aromatic carbocycles. The summed E-state index contributed by atoms with van der Waals surface area (Å²) in [4.78, 5) is 14.0. The molecule has 0 aliphatic carbocycles. The predicted octanol–water partition coefficient (Wildman–Crippen LogP) is 2.27. The van der Waals surface area contributed by atoms with E-state index in [9.17, 15) is 4.79 Å². The maximum Gasteiger partial charge on any atom is 0.320 e. The zero-order valence-corrected chi connectivity index (χ0v) is 11.4. The Labute approximate surface area is 103 Å². The SMILES string of the molecule is CC.CCC(=O)CC(C)C.Nc1noc(N)n1. The second-order valence-electron chi connectivity index (χ2n) is 3.48. The Morgan fingerprint density at radius 2 is 1.88 bits per heavy atom. The number of rotatable bonds is 3. The first-order valence-electron chi connectivity index (χ1n) is 5.82. The summed E-state index contributed by atoms with van der Waals surface area (Å²) in [5, 5.41) is 3.18. The van der Waals surface area contributed by atoms with Gasteiger partial charge in [-0.05, 0) is 11.1 Å². The van der Waals surface area contributed by atoms with Gasteiger partial charge >= 0.3 is 6.01 Å². The Hall–Kier alpha value is -1.59. The first-order chi connectivity index (χ1) is 7.95. The standard InChI is InChI=1S/C7H14O.C2H4N4O.C2H6/c1-4-7(8)5-6(2)3;3-1-5-2(4)7-6-1;1-2/h6H,4-5H2,1-3H3;(H4,3,4,5,6);1-2H3. The monoisotopic (exact) mass is 244 g/mol. The topological polar surface area (TPSA) is 108 Å². The summed E-state index contributed by atoms with van der Waals surface area (Å²) in [6.07, 6.45) is 1.44. The van der Waals surface area contributed by atoms with Gasteiger partial charge in [-0.25, -0.2) is 0 Å². The van der Waals surface area contributed by atoms with E-state index in [4.69, 9.17) is 11.5 Å². The van der Waals surface area contributed by atoms with E-state index in [1.54, 1.807) is 0 Å². The molecule has 0 bridgehead atoms. The molecular formula is C11H24N4O2. The van der Waals surface area contributed by atoms with Gasteiger partial charge in [0.15, 0.2) is 0 Å². The van der Waals surface area contributed by atoms with Gasteiger partial charge in [-0.15, -0.1) is 0 Å². The lowest BCUT2D eigenvalue weighted by Gasteiger charge is -1.98. The third kappa shape index (κ3) is 12.3. The zero-order valence-electron chi connectivity index (χ0n) is 11.4. The highest BCUT2D eigenvalue weighted by Gasteiger charge is 1.99. The molecule has 1 rings (SSSR count). The summed E-state index contributed by atoms with van der Waals surface area (Å²) in [7, 11) is 0. The molecule has 6 nitrogen and oxygen atoms in total. The average Bonchev–Trinajstić information content (AvgIpc) is 2.65. The average molecular weight is 244 g/mol. The van der Waals surface area contributed by atoms with Crippen LogP contribution in [0.2, 0.25) is 0 Å². The molecule has 0 spiro atoms. The number of Topliss-reactive ketones (excluding diaryl/α,β-unsaturated/α-hetero) is 1. The van der Waals surface area contributed by atoms with Crippen LogP contribution in [0.4, 0.5) is 12.0 Å². The van der Waals surface area contributed by atoms with Crippen LogP contribution in [0.3, 0.4) is 0 Å². The number of ketones is 1. The summed E-state index contributed by atoms with van der Waals surface area (Å²) >= 11 is 0. The molecule has 4 N–H and O–H groups in total. The van der Waals surface area contributed by atoms with Gasteiger partial charge in [-0.3, -0.25) is 4.79 Å². The Morgan fingerprint density at radius 1 is 1.35 bits per heavy atom. The maximum absolute atomic E-state index is 10.6. The normalized spacial score (nSPS) is 8.82. The summed E-state index contributed by atoms with van der Waals surface area (Å²) < 4.78 is 4.26. The molecular weight excluding hydrogens is 220 g/mol. The Kier molecular flexibility index (Phi) is 11.4. The van der Waals surface area contributed by atoms with Crippen molar-refractivity contribution in [1.29, 1.82) is 0 Å². The molecule has 0 saturated heterocycles. The number of nitrogen functional groups attached to an aromatic ring is 2. The third-order valence-corrected chi connectivity index (χ3v) is 1.49. The first kappa shape index (κ1) is 17.8. The quantitative estimate of drug-likeness (QED) is 0.844. The number of carbonyl (C=O) groups is 1. The zero-order chi connectivity index (χ0) is 13.8. The van der Waals surface area contributed by atoms with Crippen LogP contribution in [0.5, 0.6) is 0 Å². The fourth-order valence-corrected chi connectivity index (χ4v) is 0.847. The Bertz CT molecular complexity index is 281. The first-order valence-corrected chi connectivity index (χ1v) is 5.82. The van der Waals surface area contributed by atoms with Gasteiger partial charge in [0, 0.05) is 12.8 Å². The summed E-state index contributed by atoms with van der Waals surface area (Å²) in [5.41, 5.74) is 9.94. The maximum atomic E-state index is 10.6. The van der Waals surface area contributed by atoms with Gasteiger partial charge in [-0.2, -0.15) is 4.98 Å². The molecule has 0 aliphatic heterocycles. The van der Waals surface area contributed by atoms with Crippen LogP contribution < -0.4 is 11.5 Å². The fourth-order valence-electron chi connectivity index (χ4n) is 0.847. The van der Waals surface area contributed by atoms with Gasteiger partial charge in [0.25, 0.3) is 5.95 Å². The molecule has 0 aliphatic rings. The van der Waals surface area contributed by atoms with E-state index in [1.165, 1.54) is 0 Å². The molecule has 6 heteroatoms. The number of anilines is 2. The minimum atomic E-state index is -0.00231. The summed E-state index contributed by atoms with van der Waals surface area (Å²) in [6.45, 7) is 10.0. The van der Waals surface area contributed by atoms with Crippen molar-refractivity contribution in [1.82, 2.24) is 10.1 Å². The van der Waals surface area contributed by atoms with Gasteiger partial charge < -0.3 is 16.0 Å². The van der Waals surface area contributed by atoms with E-state index >= 15 is 0 Å². The highest BCUT2D eigenvalue weighted by molar-refractivity contribution is 5.78. The van der Waals surface area contributed by atoms with Gasteiger partial charge in [0.1, 0.15) is 5.78 Å². The number of nitrogens with zero attached hydrogens (tertiary/aromatic N) is 2. The van der Waals surface area contributed by atoms with E-state index < -0.39 is 0 Å². The largest absolute Gasteiger partial charge is 0.365 e. The molecule has 1 heterocycles. The molecule has 0 fully saturated rings. The molecule has 1 aromatic rings. The van der Waals surface area contributed by atoms with Crippen molar-refractivity contribution >= 4 is 17.7 Å². The fraction of sp³-hybridized carbons (Fsp3) is 0.727. The summed E-state index contributed by atoms with van der Waals surface area (Å²) in [6, 6.07) is -0.00231. The smallest absolute Gasteiger partial charge is 0.320 e. The van der Waals surface area contributed by atoms with Crippen LogP contribution >= 0.6 is 0 Å². The van der Waals surface area contributed by atoms with Crippen LogP contribution in [-0.4, -0.2) is 15.9 Å². The Balaban J connectivity index is 0. The number of aromatic nitrogens is 2. The van der Waals surface area contributed by atoms with E-state index in [-0.39, 0.29) is 12.0 Å². The van der Waals surface area contributed by atoms with Gasteiger partial charge in [0.05, 0.1) is 0 Å². The number of hydrogen-bond acceptors (Lipinski definition) is 6. The predicted molar refractivity (Wildman–Crippen MR) is 69.2 cm³/mol.